The smallest absolute Gasteiger partial charge is 0.496 e. The van der Waals surface area contributed by atoms with E-state index in [0.717, 1.165) is 6.07 Å². The van der Waals surface area contributed by atoms with Crippen molar-refractivity contribution in [2.24, 2.45) is 0 Å². The number of hydrogen-bond donors (Lipinski definition) is 0. The number of ether oxygens (including phenoxy) is 1. The molecule has 0 aliphatic carbocycles. The third-order valence-corrected chi connectivity index (χ3v) is 1.85. The van der Waals surface area contributed by atoms with Gasteiger partial charge in [-0.2, -0.15) is 0 Å². The summed E-state index contributed by atoms with van der Waals surface area (Å²) in [5, 5.41) is 0. The first-order chi connectivity index (χ1) is 7.05. The van der Waals surface area contributed by atoms with Crippen LogP contribution in [0.5, 0.6) is 5.75 Å². The summed E-state index contributed by atoms with van der Waals surface area (Å²) >= 11 is 0. The molecule has 0 aliphatic heterocycles. The number of hydrogen-bond acceptors (Lipinski definition) is 1. The molecule has 0 heterocycles. The molecular weight excluding hydrogens is 243 g/mol. The van der Waals surface area contributed by atoms with E-state index in [2.05, 4.69) is 6.58 Å². The molecule has 1 aromatic rings. The van der Waals surface area contributed by atoms with Gasteiger partial charge < -0.3 is 17.7 Å². The van der Waals surface area contributed by atoms with Crippen molar-refractivity contribution in [3.63, 3.8) is 0 Å². The molecule has 1 rings (SSSR count). The van der Waals surface area contributed by atoms with Gasteiger partial charge in [-0.25, -0.2) is 0 Å². The van der Waals surface area contributed by atoms with Gasteiger partial charge in [-0.1, -0.05) is 29.7 Å². The van der Waals surface area contributed by atoms with Gasteiger partial charge in [0.2, 0.25) is 0 Å². The summed E-state index contributed by atoms with van der Waals surface area (Å²) in [6, 6.07) is 5.23. The average molecular weight is 254 g/mol. The molecule has 0 saturated heterocycles. The van der Waals surface area contributed by atoms with E-state index in [1.807, 2.05) is 0 Å². The van der Waals surface area contributed by atoms with Crippen molar-refractivity contribution in [3.8, 4) is 5.75 Å². The van der Waals surface area contributed by atoms with E-state index < -0.39 is 12.4 Å². The molecule has 6 heteroatoms. The Balaban J connectivity index is 0.00000225. The first-order valence-corrected chi connectivity index (χ1v) is 4.58. The molecule has 0 fully saturated rings. The van der Waals surface area contributed by atoms with E-state index in [1.165, 1.54) is 18.2 Å². The van der Waals surface area contributed by atoms with Crippen LogP contribution in [0.3, 0.4) is 0 Å². The molecule has 0 N–H and O–H groups in total. The summed E-state index contributed by atoms with van der Waals surface area (Å²) in [4.78, 5) is 0. The zero-order valence-electron chi connectivity index (χ0n) is 9.13. The van der Waals surface area contributed by atoms with Crippen LogP contribution in [0.4, 0.5) is 12.9 Å². The molecule has 82 valence electrons. The van der Waals surface area contributed by atoms with Gasteiger partial charge in [0.15, 0.2) is 0 Å². The molecule has 0 atom stereocenters. The number of benzene rings is 1. The first kappa shape index (κ1) is 16.3. The van der Waals surface area contributed by atoms with Gasteiger partial charge in [0.1, 0.15) is 0 Å². The molecule has 0 bridgehead atoms. The Kier molecular flexibility index (Phi) is 7.67. The van der Waals surface area contributed by atoms with Crippen LogP contribution in [0.2, 0.25) is 0 Å². The van der Waals surface area contributed by atoms with Gasteiger partial charge in [-0.3, -0.25) is 0 Å². The standard InChI is InChI=1S/C10H11BF3O.K/c1-2-3-8-15-10-7-5-4-6-9(10)11(12,13)14;/h2,4-7H,1,3,8H2;/q-1;+1. The summed E-state index contributed by atoms with van der Waals surface area (Å²) in [6.07, 6.45) is 2.13. The summed E-state index contributed by atoms with van der Waals surface area (Å²) in [6.45, 7) is -1.33. The third-order valence-electron chi connectivity index (χ3n) is 1.85. The van der Waals surface area contributed by atoms with Gasteiger partial charge in [-0.05, 0) is 12.5 Å². The fourth-order valence-corrected chi connectivity index (χ4v) is 1.13. The Labute approximate surface area is 136 Å². The van der Waals surface area contributed by atoms with E-state index in [0.29, 0.717) is 6.42 Å². The summed E-state index contributed by atoms with van der Waals surface area (Å²) < 4.78 is 42.6. The van der Waals surface area contributed by atoms with Gasteiger partial charge in [0.25, 0.3) is 0 Å². The van der Waals surface area contributed by atoms with E-state index in [9.17, 15) is 12.9 Å². The summed E-state index contributed by atoms with van der Waals surface area (Å²) in [5.74, 6) is -0.105. The minimum absolute atomic E-state index is 0. The second kappa shape index (κ2) is 7.55. The van der Waals surface area contributed by atoms with E-state index in [4.69, 9.17) is 4.74 Å². The predicted octanol–water partition coefficient (Wildman–Crippen LogP) is -0.300. The minimum atomic E-state index is -5.01. The Morgan fingerprint density at radius 1 is 1.25 bits per heavy atom. The largest absolute Gasteiger partial charge is 1.00 e. The van der Waals surface area contributed by atoms with E-state index in [1.54, 1.807) is 6.08 Å². The Hall–Kier alpha value is 0.251. The van der Waals surface area contributed by atoms with Crippen molar-refractivity contribution in [1.82, 2.24) is 0 Å². The SMILES string of the molecule is C=CCCOc1ccccc1[B-](F)(F)F.[K+]. The molecule has 1 aromatic carbocycles. The maximum absolute atomic E-state index is 12.5. The number of para-hydroxylation sites is 1. The van der Waals surface area contributed by atoms with Crippen LogP contribution < -0.4 is 61.6 Å². The Morgan fingerprint density at radius 3 is 2.44 bits per heavy atom. The summed E-state index contributed by atoms with van der Waals surface area (Å²) in [5.41, 5.74) is -0.679. The van der Waals surface area contributed by atoms with Crippen LogP contribution >= 0.6 is 0 Å². The van der Waals surface area contributed by atoms with Crippen LogP contribution in [0.1, 0.15) is 6.42 Å². The fourth-order valence-electron chi connectivity index (χ4n) is 1.13. The monoisotopic (exact) mass is 254 g/mol. The van der Waals surface area contributed by atoms with Crippen molar-refractivity contribution in [2.45, 2.75) is 6.42 Å². The maximum Gasteiger partial charge on any atom is 1.00 e. The normalized spacial score (nSPS) is 10.4. The zero-order chi connectivity index (χ0) is 11.3. The van der Waals surface area contributed by atoms with Gasteiger partial charge in [0, 0.05) is 0 Å². The van der Waals surface area contributed by atoms with Crippen LogP contribution in [-0.2, 0) is 0 Å². The molecule has 0 amide bonds. The molecular formula is C10H11BF3KO. The first-order valence-electron chi connectivity index (χ1n) is 4.58. The van der Waals surface area contributed by atoms with Crippen LogP contribution in [0.15, 0.2) is 36.9 Å². The molecule has 0 unspecified atom stereocenters. The molecule has 0 aliphatic rings. The molecule has 1 nitrogen and oxygen atoms in total. The van der Waals surface area contributed by atoms with Crippen molar-refractivity contribution < 1.29 is 69.1 Å². The second-order valence-electron chi connectivity index (χ2n) is 3.04. The zero-order valence-corrected chi connectivity index (χ0v) is 12.3. The van der Waals surface area contributed by atoms with Crippen molar-refractivity contribution in [1.29, 1.82) is 0 Å². The average Bonchev–Trinajstić information content (AvgIpc) is 2.17. The second-order valence-corrected chi connectivity index (χ2v) is 3.04. The third kappa shape index (κ3) is 5.05. The maximum atomic E-state index is 12.5. The Bertz CT molecular complexity index is 341. The molecule has 0 spiro atoms. The van der Waals surface area contributed by atoms with Crippen LogP contribution in [0, 0.1) is 0 Å². The summed E-state index contributed by atoms with van der Waals surface area (Å²) in [7, 11) is 0. The molecule has 0 aromatic heterocycles. The topological polar surface area (TPSA) is 9.23 Å². The quantitative estimate of drug-likeness (QED) is 0.398. The molecule has 16 heavy (non-hydrogen) atoms. The van der Waals surface area contributed by atoms with Crippen LogP contribution in [-0.4, -0.2) is 13.6 Å². The van der Waals surface area contributed by atoms with E-state index in [-0.39, 0.29) is 63.7 Å². The molecule has 0 saturated carbocycles. The van der Waals surface area contributed by atoms with Crippen molar-refractivity contribution >= 4 is 12.4 Å². The van der Waals surface area contributed by atoms with Crippen LogP contribution in [0.25, 0.3) is 0 Å². The van der Waals surface area contributed by atoms with Gasteiger partial charge in [-0.15, -0.1) is 6.58 Å². The van der Waals surface area contributed by atoms with Crippen molar-refractivity contribution in [3.05, 3.63) is 36.9 Å². The number of halogens is 3. The van der Waals surface area contributed by atoms with Gasteiger partial charge in [0.05, 0.1) is 12.4 Å². The minimum Gasteiger partial charge on any atom is -0.496 e. The molecule has 0 radical (unpaired) electrons. The van der Waals surface area contributed by atoms with Crippen molar-refractivity contribution in [2.75, 3.05) is 6.61 Å². The Morgan fingerprint density at radius 2 is 1.88 bits per heavy atom. The van der Waals surface area contributed by atoms with Gasteiger partial charge >= 0.3 is 58.4 Å². The number of rotatable bonds is 5. The fraction of sp³-hybridized carbons (Fsp3) is 0.200. The predicted molar refractivity (Wildman–Crippen MR) is 55.5 cm³/mol. The van der Waals surface area contributed by atoms with E-state index >= 15 is 0 Å².